The van der Waals surface area contributed by atoms with E-state index in [0.717, 1.165) is 17.3 Å². The molecule has 0 fully saturated rings. The Kier molecular flexibility index (Phi) is 3.37. The zero-order chi connectivity index (χ0) is 12.4. The van der Waals surface area contributed by atoms with Gasteiger partial charge in [0.15, 0.2) is 6.10 Å². The van der Waals surface area contributed by atoms with Crippen molar-refractivity contribution < 1.29 is 19.7 Å². The minimum absolute atomic E-state index is 0.295. The van der Waals surface area contributed by atoms with Gasteiger partial charge in [0.1, 0.15) is 11.1 Å². The molecule has 1 heterocycles. The zero-order valence-corrected chi connectivity index (χ0v) is 9.85. The number of hydrogen-bond donors (Lipinski definition) is 2. The fourth-order valence-electron chi connectivity index (χ4n) is 1.40. The Hall–Kier alpha value is -1.50. The van der Waals surface area contributed by atoms with Crippen molar-refractivity contribution in [2.24, 2.45) is 0 Å². The van der Waals surface area contributed by atoms with Crippen LogP contribution >= 0.6 is 11.3 Å². The quantitative estimate of drug-likeness (QED) is 0.793. The second-order valence-corrected chi connectivity index (χ2v) is 4.49. The fourth-order valence-corrected chi connectivity index (χ4v) is 2.39. The number of benzene rings is 1. The highest BCUT2D eigenvalue weighted by molar-refractivity contribution is 7.18. The van der Waals surface area contributed by atoms with Crippen molar-refractivity contribution in [1.82, 2.24) is 4.98 Å². The number of nitrogens with zero attached hydrogens (tertiary/aromatic N) is 1. The molecule has 2 rings (SSSR count). The van der Waals surface area contributed by atoms with Gasteiger partial charge in [-0.1, -0.05) is 12.1 Å². The molecule has 2 atom stereocenters. The van der Waals surface area contributed by atoms with Crippen molar-refractivity contribution in [3.63, 3.8) is 0 Å². The van der Waals surface area contributed by atoms with E-state index in [1.54, 1.807) is 6.07 Å². The summed E-state index contributed by atoms with van der Waals surface area (Å²) in [5.74, 6) is -0.878. The van der Waals surface area contributed by atoms with E-state index in [0.29, 0.717) is 5.01 Å². The van der Waals surface area contributed by atoms with Crippen LogP contribution in [0.5, 0.6) is 0 Å². The van der Waals surface area contributed by atoms with Crippen molar-refractivity contribution in [2.75, 3.05) is 7.11 Å². The van der Waals surface area contributed by atoms with Crippen LogP contribution in [-0.2, 0) is 9.53 Å². The lowest BCUT2D eigenvalue weighted by molar-refractivity contribution is -0.156. The second-order valence-electron chi connectivity index (χ2n) is 3.43. The number of aliphatic hydroxyl groups is 2. The topological polar surface area (TPSA) is 79.7 Å². The average molecular weight is 253 g/mol. The molecule has 90 valence electrons. The molecule has 0 saturated carbocycles. The van der Waals surface area contributed by atoms with Crippen molar-refractivity contribution in [1.29, 1.82) is 0 Å². The number of hydrogen-bond acceptors (Lipinski definition) is 6. The van der Waals surface area contributed by atoms with Gasteiger partial charge in [-0.3, -0.25) is 0 Å². The number of aliphatic hydroxyl groups excluding tert-OH is 2. The third kappa shape index (κ3) is 2.28. The Morgan fingerprint density at radius 3 is 2.76 bits per heavy atom. The molecule has 0 aliphatic rings. The Balaban J connectivity index is 2.30. The summed E-state index contributed by atoms with van der Waals surface area (Å²) < 4.78 is 5.24. The summed E-state index contributed by atoms with van der Waals surface area (Å²) in [4.78, 5) is 15.2. The summed E-state index contributed by atoms with van der Waals surface area (Å²) in [6.45, 7) is 0. The largest absolute Gasteiger partial charge is 0.467 e. The van der Waals surface area contributed by atoms with E-state index in [1.165, 1.54) is 11.3 Å². The Morgan fingerprint density at radius 1 is 1.41 bits per heavy atom. The van der Waals surface area contributed by atoms with E-state index in [4.69, 9.17) is 0 Å². The highest BCUT2D eigenvalue weighted by atomic mass is 32.1. The molecule has 1 aromatic carbocycles. The fraction of sp³-hybridized carbons (Fsp3) is 0.273. The van der Waals surface area contributed by atoms with Crippen molar-refractivity contribution in [2.45, 2.75) is 12.2 Å². The number of para-hydroxylation sites is 1. The Morgan fingerprint density at radius 2 is 2.12 bits per heavy atom. The predicted molar refractivity (Wildman–Crippen MR) is 62.6 cm³/mol. The molecular formula is C11H11NO4S. The van der Waals surface area contributed by atoms with Crippen LogP contribution in [0.2, 0.25) is 0 Å². The first-order valence-electron chi connectivity index (χ1n) is 4.93. The number of esters is 1. The molecule has 0 spiro atoms. The van der Waals surface area contributed by atoms with E-state index in [9.17, 15) is 15.0 Å². The van der Waals surface area contributed by atoms with Gasteiger partial charge >= 0.3 is 5.97 Å². The first-order valence-corrected chi connectivity index (χ1v) is 5.74. The van der Waals surface area contributed by atoms with Gasteiger partial charge in [-0.2, -0.15) is 0 Å². The monoisotopic (exact) mass is 253 g/mol. The van der Waals surface area contributed by atoms with Gasteiger partial charge in [0.05, 0.1) is 17.3 Å². The standard InChI is InChI=1S/C11H11NO4S/c1-16-11(15)9(14)8(13)10-12-6-4-2-3-5-7(6)17-10/h2-5,8-9,13-14H,1H3/t8-,9-/m0/s1. The van der Waals surface area contributed by atoms with E-state index in [2.05, 4.69) is 9.72 Å². The van der Waals surface area contributed by atoms with E-state index in [1.807, 2.05) is 18.2 Å². The van der Waals surface area contributed by atoms with Gasteiger partial charge in [-0.05, 0) is 12.1 Å². The third-order valence-corrected chi connectivity index (χ3v) is 3.41. The lowest BCUT2D eigenvalue weighted by atomic mass is 10.2. The second kappa shape index (κ2) is 4.79. The minimum Gasteiger partial charge on any atom is -0.467 e. The summed E-state index contributed by atoms with van der Waals surface area (Å²) >= 11 is 1.23. The molecule has 0 aliphatic heterocycles. The van der Waals surface area contributed by atoms with Gasteiger partial charge < -0.3 is 14.9 Å². The number of fused-ring (bicyclic) bond motifs is 1. The molecule has 6 heteroatoms. The molecule has 17 heavy (non-hydrogen) atoms. The van der Waals surface area contributed by atoms with Gasteiger partial charge in [-0.15, -0.1) is 11.3 Å². The van der Waals surface area contributed by atoms with Crippen LogP contribution < -0.4 is 0 Å². The van der Waals surface area contributed by atoms with E-state index >= 15 is 0 Å². The number of rotatable bonds is 3. The van der Waals surface area contributed by atoms with E-state index in [-0.39, 0.29) is 0 Å². The number of aromatic nitrogens is 1. The molecule has 5 nitrogen and oxygen atoms in total. The SMILES string of the molecule is COC(=O)[C@@H](O)[C@H](O)c1nc2ccccc2s1. The van der Waals surface area contributed by atoms with E-state index < -0.39 is 18.2 Å². The van der Waals surface area contributed by atoms with Crippen LogP contribution in [0.4, 0.5) is 0 Å². The molecule has 2 aromatic rings. The third-order valence-electron chi connectivity index (χ3n) is 2.31. The summed E-state index contributed by atoms with van der Waals surface area (Å²) in [6, 6.07) is 7.34. The molecule has 0 aliphatic carbocycles. The molecule has 2 N–H and O–H groups in total. The first-order chi connectivity index (χ1) is 8.13. The minimum atomic E-state index is -1.61. The van der Waals surface area contributed by atoms with Crippen molar-refractivity contribution >= 4 is 27.5 Å². The number of thiazole rings is 1. The molecule has 0 saturated heterocycles. The maximum absolute atomic E-state index is 11.1. The molecule has 1 aromatic heterocycles. The highest BCUT2D eigenvalue weighted by Gasteiger charge is 2.28. The van der Waals surface area contributed by atoms with Gasteiger partial charge in [0.25, 0.3) is 0 Å². The van der Waals surface area contributed by atoms with Gasteiger partial charge in [0, 0.05) is 0 Å². The molecule has 0 unspecified atom stereocenters. The normalized spacial score (nSPS) is 14.5. The summed E-state index contributed by atoms with van der Waals surface area (Å²) in [7, 11) is 1.15. The summed E-state index contributed by atoms with van der Waals surface area (Å²) in [5, 5.41) is 19.6. The summed E-state index contributed by atoms with van der Waals surface area (Å²) in [6.07, 6.45) is -2.97. The van der Waals surface area contributed by atoms with Crippen molar-refractivity contribution in [3.05, 3.63) is 29.3 Å². The predicted octanol–water partition coefficient (Wildman–Crippen LogP) is 0.864. The van der Waals surface area contributed by atoms with Crippen molar-refractivity contribution in [3.8, 4) is 0 Å². The number of ether oxygens (including phenoxy) is 1. The number of carbonyl (C=O) groups excluding carboxylic acids is 1. The maximum Gasteiger partial charge on any atom is 0.337 e. The van der Waals surface area contributed by atoms with Crippen LogP contribution in [0.15, 0.2) is 24.3 Å². The Bertz CT molecular complexity index is 506. The molecule has 0 amide bonds. The first kappa shape index (κ1) is 12.0. The average Bonchev–Trinajstić information content (AvgIpc) is 2.79. The van der Waals surface area contributed by atoms with Crippen LogP contribution in [0, 0.1) is 0 Å². The molecular weight excluding hydrogens is 242 g/mol. The molecule has 0 radical (unpaired) electrons. The lowest BCUT2D eigenvalue weighted by Crippen LogP contribution is -2.28. The van der Waals surface area contributed by atoms with Crippen LogP contribution in [0.3, 0.4) is 0 Å². The number of methoxy groups -OCH3 is 1. The van der Waals surface area contributed by atoms with Crippen LogP contribution in [-0.4, -0.2) is 34.4 Å². The lowest BCUT2D eigenvalue weighted by Gasteiger charge is -2.12. The maximum atomic E-state index is 11.1. The molecule has 0 bridgehead atoms. The van der Waals surface area contributed by atoms with Crippen LogP contribution in [0.1, 0.15) is 11.1 Å². The number of carbonyl (C=O) groups is 1. The smallest absolute Gasteiger partial charge is 0.337 e. The van der Waals surface area contributed by atoms with Gasteiger partial charge in [-0.25, -0.2) is 9.78 Å². The summed E-state index contributed by atoms with van der Waals surface area (Å²) in [5.41, 5.74) is 0.726. The zero-order valence-electron chi connectivity index (χ0n) is 9.03. The Labute approximate surface area is 101 Å². The van der Waals surface area contributed by atoms with Crippen LogP contribution in [0.25, 0.3) is 10.2 Å². The van der Waals surface area contributed by atoms with Gasteiger partial charge in [0.2, 0.25) is 0 Å². The highest BCUT2D eigenvalue weighted by Crippen LogP contribution is 2.28.